The molecule has 0 amide bonds. The Labute approximate surface area is 89.9 Å². The van der Waals surface area contributed by atoms with Gasteiger partial charge in [0.15, 0.2) is 0 Å². The van der Waals surface area contributed by atoms with Crippen LogP contribution >= 0.6 is 0 Å². The second-order valence-corrected chi connectivity index (χ2v) is 3.41. The minimum absolute atomic E-state index is 0.394. The van der Waals surface area contributed by atoms with Crippen LogP contribution in [0, 0.1) is 0 Å². The summed E-state index contributed by atoms with van der Waals surface area (Å²) in [7, 11) is 2.64. The Hall–Kier alpha value is -0.960. The second-order valence-electron chi connectivity index (χ2n) is 2.52. The molecule has 7 nitrogen and oxygen atoms in total. The number of ether oxygens (including phenoxy) is 1. The van der Waals surface area contributed by atoms with Gasteiger partial charge in [0.1, 0.15) is 0 Å². The van der Waals surface area contributed by atoms with Gasteiger partial charge in [0, 0.05) is 6.08 Å². The van der Waals surface area contributed by atoms with Gasteiger partial charge >= 0.3 is 16.4 Å². The highest BCUT2D eigenvalue weighted by Crippen LogP contribution is 1.67. The smallest absolute Gasteiger partial charge is 0.394 e. The van der Waals surface area contributed by atoms with E-state index in [1.165, 1.54) is 7.11 Å². The van der Waals surface area contributed by atoms with Crippen molar-refractivity contribution in [1.82, 2.24) is 4.90 Å². The van der Waals surface area contributed by atoms with Crippen LogP contribution in [0.1, 0.15) is 0 Å². The monoisotopic (exact) mass is 243 g/mol. The van der Waals surface area contributed by atoms with Crippen LogP contribution in [-0.4, -0.2) is 56.6 Å². The molecule has 0 radical (unpaired) electrons. The zero-order valence-corrected chi connectivity index (χ0v) is 9.98. The second kappa shape index (κ2) is 11.1. The molecule has 0 fully saturated rings. The van der Waals surface area contributed by atoms with Gasteiger partial charge in [-0.25, -0.2) is 4.79 Å². The van der Waals surface area contributed by atoms with E-state index in [0.717, 1.165) is 6.08 Å². The van der Waals surface area contributed by atoms with E-state index in [1.807, 2.05) is 26.0 Å². The molecular weight excluding hydrogens is 226 g/mol. The number of rotatable bonds is 1. The van der Waals surface area contributed by atoms with E-state index in [0.29, 0.717) is 0 Å². The summed E-state index contributed by atoms with van der Waals surface area (Å²) in [6.45, 7) is 3.16. The molecule has 0 saturated heterocycles. The van der Waals surface area contributed by atoms with Gasteiger partial charge < -0.3 is 9.64 Å². The number of carbonyl (C=O) groups is 1. The van der Waals surface area contributed by atoms with Gasteiger partial charge in [0.25, 0.3) is 0 Å². The van der Waals surface area contributed by atoms with Crippen LogP contribution in [0.4, 0.5) is 0 Å². The molecule has 8 heteroatoms. The number of nitrogens with zero attached hydrogens (tertiary/aromatic N) is 1. The minimum atomic E-state index is -4.67. The topological polar surface area (TPSA) is 104 Å². The molecule has 0 aliphatic carbocycles. The summed E-state index contributed by atoms with van der Waals surface area (Å²) in [5, 5.41) is 0. The highest BCUT2D eigenvalue weighted by atomic mass is 32.3. The fourth-order valence-corrected chi connectivity index (χ4v) is 0.0833. The van der Waals surface area contributed by atoms with Crippen LogP contribution in [0.3, 0.4) is 0 Å². The van der Waals surface area contributed by atoms with Crippen LogP contribution in [0.2, 0.25) is 0 Å². The Morgan fingerprint density at radius 1 is 1.33 bits per heavy atom. The van der Waals surface area contributed by atoms with Crippen molar-refractivity contribution in [3.8, 4) is 0 Å². The Morgan fingerprint density at radius 3 is 1.53 bits per heavy atom. The van der Waals surface area contributed by atoms with Crippen molar-refractivity contribution in [3.63, 3.8) is 0 Å². The summed E-state index contributed by atoms with van der Waals surface area (Å²) in [6, 6.07) is 0. The van der Waals surface area contributed by atoms with Gasteiger partial charge in [-0.05, 0) is 21.1 Å². The first-order valence-electron chi connectivity index (χ1n) is 3.55. The standard InChI is InChI=1S/C4H6O2.C3H9N.H2O4S/c1-3-4(5)6-2;1-4(2)3;1-5(2,3)4/h3H,1H2,2H3;1-3H3;(H2,1,2,3,4). The van der Waals surface area contributed by atoms with Crippen molar-refractivity contribution in [1.29, 1.82) is 0 Å². The summed E-state index contributed by atoms with van der Waals surface area (Å²) in [5.74, 6) is -0.394. The molecule has 0 atom stereocenters. The number of carbonyl (C=O) groups excluding carboxylic acids is 1. The van der Waals surface area contributed by atoms with Crippen molar-refractivity contribution in [2.75, 3.05) is 28.3 Å². The molecule has 15 heavy (non-hydrogen) atoms. The fraction of sp³-hybridized carbons (Fsp3) is 0.571. The Kier molecular flexibility index (Phi) is 14.5. The maximum Gasteiger partial charge on any atom is 0.394 e. The summed E-state index contributed by atoms with van der Waals surface area (Å²) in [5.41, 5.74) is 0. The predicted octanol–water partition coefficient (Wildman–Crippen LogP) is -0.130. The summed E-state index contributed by atoms with van der Waals surface area (Å²) >= 11 is 0. The third kappa shape index (κ3) is 172. The largest absolute Gasteiger partial charge is 0.466 e. The van der Waals surface area contributed by atoms with Crippen molar-refractivity contribution in [2.45, 2.75) is 0 Å². The fourth-order valence-electron chi connectivity index (χ4n) is 0.0833. The molecule has 0 aliphatic rings. The molecule has 0 heterocycles. The maximum absolute atomic E-state index is 9.84. The van der Waals surface area contributed by atoms with Crippen LogP contribution in [-0.2, 0) is 19.9 Å². The number of esters is 1. The molecule has 0 spiro atoms. The molecule has 0 saturated carbocycles. The molecule has 92 valence electrons. The lowest BCUT2D eigenvalue weighted by Gasteiger charge is -1.90. The van der Waals surface area contributed by atoms with Gasteiger partial charge in [0.05, 0.1) is 7.11 Å². The highest BCUT2D eigenvalue weighted by molar-refractivity contribution is 7.79. The van der Waals surface area contributed by atoms with E-state index in [4.69, 9.17) is 17.5 Å². The van der Waals surface area contributed by atoms with E-state index in [9.17, 15) is 4.79 Å². The first-order valence-corrected chi connectivity index (χ1v) is 4.95. The third-order valence-electron chi connectivity index (χ3n) is 0.368. The molecule has 0 aromatic rings. The Morgan fingerprint density at radius 2 is 1.53 bits per heavy atom. The van der Waals surface area contributed by atoms with Crippen LogP contribution in [0.25, 0.3) is 0 Å². The van der Waals surface area contributed by atoms with Crippen molar-refractivity contribution < 1.29 is 27.1 Å². The molecule has 0 bridgehead atoms. The molecule has 0 aromatic heterocycles. The van der Waals surface area contributed by atoms with Gasteiger partial charge in [-0.3, -0.25) is 9.11 Å². The first kappa shape index (κ1) is 19.6. The molecule has 0 unspecified atom stereocenters. The zero-order valence-electron chi connectivity index (χ0n) is 9.17. The number of hydrogen-bond donors (Lipinski definition) is 2. The first-order chi connectivity index (χ1) is 6.54. The van der Waals surface area contributed by atoms with Crippen LogP contribution in [0.5, 0.6) is 0 Å². The lowest BCUT2D eigenvalue weighted by atomic mass is 10.7. The molecule has 0 rings (SSSR count). The van der Waals surface area contributed by atoms with Gasteiger partial charge in [-0.2, -0.15) is 8.42 Å². The van der Waals surface area contributed by atoms with E-state index in [2.05, 4.69) is 11.3 Å². The SMILES string of the molecule is C=CC(=O)OC.CN(C)C.O=S(=O)(O)O. The van der Waals surface area contributed by atoms with Gasteiger partial charge in [-0.1, -0.05) is 6.58 Å². The average Bonchev–Trinajstić information content (AvgIpc) is 1.99. The van der Waals surface area contributed by atoms with Gasteiger partial charge in [-0.15, -0.1) is 0 Å². The highest BCUT2D eigenvalue weighted by Gasteiger charge is 1.84. The van der Waals surface area contributed by atoms with Crippen molar-refractivity contribution >= 4 is 16.4 Å². The summed E-state index contributed by atoms with van der Waals surface area (Å²) in [4.78, 5) is 11.8. The van der Waals surface area contributed by atoms with Crippen molar-refractivity contribution in [3.05, 3.63) is 12.7 Å². The summed E-state index contributed by atoms with van der Waals surface area (Å²) < 4.78 is 35.7. The minimum Gasteiger partial charge on any atom is -0.466 e. The normalized spacial score (nSPS) is 9.00. The lowest BCUT2D eigenvalue weighted by Crippen LogP contribution is -1.99. The van der Waals surface area contributed by atoms with Crippen molar-refractivity contribution in [2.24, 2.45) is 0 Å². The maximum atomic E-state index is 9.84. The van der Waals surface area contributed by atoms with E-state index >= 15 is 0 Å². The van der Waals surface area contributed by atoms with E-state index in [-0.39, 0.29) is 0 Å². The Balaban J connectivity index is -0.000000147. The van der Waals surface area contributed by atoms with E-state index < -0.39 is 16.4 Å². The molecular formula is C7H17NO6S. The lowest BCUT2D eigenvalue weighted by molar-refractivity contribution is -0.134. The van der Waals surface area contributed by atoms with Gasteiger partial charge in [0.2, 0.25) is 0 Å². The summed E-state index contributed by atoms with van der Waals surface area (Å²) in [6.07, 6.45) is 1.11. The number of hydrogen-bond acceptors (Lipinski definition) is 5. The molecule has 0 aromatic carbocycles. The molecule has 0 aliphatic heterocycles. The zero-order chi connectivity index (χ0) is 13.1. The average molecular weight is 243 g/mol. The van der Waals surface area contributed by atoms with E-state index in [1.54, 1.807) is 0 Å². The number of methoxy groups -OCH3 is 1. The quantitative estimate of drug-likeness (QED) is 0.375. The Bertz CT molecular complexity index is 248. The molecule has 2 N–H and O–H groups in total. The third-order valence-corrected chi connectivity index (χ3v) is 0.368. The van der Waals surface area contributed by atoms with Crippen LogP contribution in [0.15, 0.2) is 12.7 Å². The predicted molar refractivity (Wildman–Crippen MR) is 56.0 cm³/mol. The van der Waals surface area contributed by atoms with Crippen LogP contribution < -0.4 is 0 Å².